The van der Waals surface area contributed by atoms with Crippen LogP contribution in [0.25, 0.3) is 0 Å². The Balaban J connectivity index is 1.83. The van der Waals surface area contributed by atoms with Crippen molar-refractivity contribution in [3.8, 4) is 5.75 Å². The van der Waals surface area contributed by atoms with Gasteiger partial charge in [0, 0.05) is 30.2 Å². The lowest BCUT2D eigenvalue weighted by Gasteiger charge is -2.12. The van der Waals surface area contributed by atoms with Crippen LogP contribution in [0.5, 0.6) is 5.75 Å². The first-order valence-corrected chi connectivity index (χ1v) is 10.9. The van der Waals surface area contributed by atoms with E-state index in [4.69, 9.17) is 16.3 Å². The number of carbonyl (C=O) groups excluding carboxylic acids is 1. The van der Waals surface area contributed by atoms with Crippen molar-refractivity contribution in [3.05, 3.63) is 65.7 Å². The number of nitrogens with one attached hydrogen (secondary N) is 3. The highest BCUT2D eigenvalue weighted by Crippen LogP contribution is 2.27. The number of anilines is 2. The molecule has 0 heterocycles. The number of ether oxygens (including phenoxy) is 1. The zero-order valence-electron chi connectivity index (χ0n) is 16.1. The van der Waals surface area contributed by atoms with Gasteiger partial charge < -0.3 is 15.4 Å². The van der Waals surface area contributed by atoms with Crippen LogP contribution in [-0.2, 0) is 20.6 Å². The molecule has 0 saturated carbocycles. The lowest BCUT2D eigenvalue weighted by atomic mass is 10.2. The molecule has 156 valence electrons. The summed E-state index contributed by atoms with van der Waals surface area (Å²) >= 11 is 5.98. The number of amides is 1. The van der Waals surface area contributed by atoms with E-state index < -0.39 is 10.0 Å². The molecule has 0 aliphatic carbocycles. The minimum Gasteiger partial charge on any atom is -0.495 e. The Bertz CT molecular complexity index is 947. The zero-order valence-corrected chi connectivity index (χ0v) is 17.6. The number of halogens is 1. The third-order valence-electron chi connectivity index (χ3n) is 3.87. The van der Waals surface area contributed by atoms with Crippen molar-refractivity contribution in [3.63, 3.8) is 0 Å². The smallest absolute Gasteiger partial charge is 0.226 e. The Labute approximate surface area is 176 Å². The number of carbonyl (C=O) groups is 1. The third kappa shape index (κ3) is 7.77. The predicted octanol–water partition coefficient (Wildman–Crippen LogP) is 3.39. The first kappa shape index (κ1) is 22.7. The molecule has 0 bridgehead atoms. The van der Waals surface area contributed by atoms with Crippen molar-refractivity contribution in [1.82, 2.24) is 4.72 Å². The fourth-order valence-electron chi connectivity index (χ4n) is 2.49. The molecule has 2 aromatic carbocycles. The standard InChI is InChI=1S/C20H24ClN3O4S/c1-3-11-23-29(26,27)14-15-4-7-17(8-5-15)24-20(25)10-12-22-18-13-16(21)6-9-19(18)28-2/h3-9,13,22-23H,1,10-12,14H2,2H3,(H,24,25). The van der Waals surface area contributed by atoms with Crippen molar-refractivity contribution in [1.29, 1.82) is 0 Å². The van der Waals surface area contributed by atoms with Crippen LogP contribution in [0.3, 0.4) is 0 Å². The van der Waals surface area contributed by atoms with Crippen molar-refractivity contribution in [2.45, 2.75) is 12.2 Å². The maximum atomic E-state index is 12.1. The molecular formula is C20H24ClN3O4S. The fourth-order valence-corrected chi connectivity index (χ4v) is 3.77. The van der Waals surface area contributed by atoms with E-state index in [9.17, 15) is 13.2 Å². The molecule has 2 rings (SSSR count). The molecule has 0 radical (unpaired) electrons. The summed E-state index contributed by atoms with van der Waals surface area (Å²) in [6.45, 7) is 4.06. The number of hydrogen-bond donors (Lipinski definition) is 3. The van der Waals surface area contributed by atoms with Crippen molar-refractivity contribution >= 4 is 38.9 Å². The van der Waals surface area contributed by atoms with Crippen molar-refractivity contribution < 1.29 is 17.9 Å². The largest absolute Gasteiger partial charge is 0.495 e. The van der Waals surface area contributed by atoms with Gasteiger partial charge in [-0.25, -0.2) is 13.1 Å². The van der Waals surface area contributed by atoms with Gasteiger partial charge in [0.2, 0.25) is 15.9 Å². The van der Waals surface area contributed by atoms with Crippen LogP contribution in [0, 0.1) is 0 Å². The van der Waals surface area contributed by atoms with Crippen LogP contribution < -0.4 is 20.1 Å². The number of methoxy groups -OCH3 is 1. The highest BCUT2D eigenvalue weighted by Gasteiger charge is 2.10. The van der Waals surface area contributed by atoms with Crippen LogP contribution in [0.4, 0.5) is 11.4 Å². The molecule has 0 spiro atoms. The van der Waals surface area contributed by atoms with E-state index in [1.165, 1.54) is 6.08 Å². The number of rotatable bonds is 11. The molecule has 0 atom stereocenters. The van der Waals surface area contributed by atoms with Crippen LogP contribution in [0.2, 0.25) is 5.02 Å². The summed E-state index contributed by atoms with van der Waals surface area (Å²) in [4.78, 5) is 12.1. The summed E-state index contributed by atoms with van der Waals surface area (Å²) in [5, 5.41) is 6.47. The van der Waals surface area contributed by atoms with Gasteiger partial charge in [0.1, 0.15) is 5.75 Å². The minimum atomic E-state index is -3.42. The Kier molecular flexibility index (Phi) is 8.50. The third-order valence-corrected chi connectivity index (χ3v) is 5.43. The predicted molar refractivity (Wildman–Crippen MR) is 117 cm³/mol. The van der Waals surface area contributed by atoms with Gasteiger partial charge in [-0.15, -0.1) is 6.58 Å². The van der Waals surface area contributed by atoms with E-state index in [-0.39, 0.29) is 24.6 Å². The topological polar surface area (TPSA) is 96.5 Å². The highest BCUT2D eigenvalue weighted by molar-refractivity contribution is 7.88. The summed E-state index contributed by atoms with van der Waals surface area (Å²) in [7, 11) is -1.86. The molecule has 0 aliphatic heterocycles. The Hall–Kier alpha value is -2.55. The molecule has 29 heavy (non-hydrogen) atoms. The Morgan fingerprint density at radius 1 is 1.21 bits per heavy atom. The molecular weight excluding hydrogens is 414 g/mol. The van der Waals surface area contributed by atoms with E-state index in [0.29, 0.717) is 34.3 Å². The monoisotopic (exact) mass is 437 g/mol. The quantitative estimate of drug-likeness (QED) is 0.468. The highest BCUT2D eigenvalue weighted by atomic mass is 35.5. The van der Waals surface area contributed by atoms with Gasteiger partial charge in [-0.2, -0.15) is 0 Å². The normalized spacial score (nSPS) is 11.0. The summed E-state index contributed by atoms with van der Waals surface area (Å²) in [6, 6.07) is 11.9. The van der Waals surface area contributed by atoms with Gasteiger partial charge in [0.05, 0.1) is 18.6 Å². The van der Waals surface area contributed by atoms with Gasteiger partial charge in [-0.3, -0.25) is 4.79 Å². The summed E-state index contributed by atoms with van der Waals surface area (Å²) in [6.07, 6.45) is 1.71. The molecule has 0 aliphatic rings. The van der Waals surface area contributed by atoms with Crippen LogP contribution in [0.15, 0.2) is 55.1 Å². The first-order valence-electron chi connectivity index (χ1n) is 8.87. The Morgan fingerprint density at radius 3 is 2.59 bits per heavy atom. The van der Waals surface area contributed by atoms with Gasteiger partial charge in [0.25, 0.3) is 0 Å². The Morgan fingerprint density at radius 2 is 1.93 bits per heavy atom. The van der Waals surface area contributed by atoms with Crippen LogP contribution >= 0.6 is 11.6 Å². The maximum absolute atomic E-state index is 12.1. The molecule has 3 N–H and O–H groups in total. The molecule has 2 aromatic rings. The summed E-state index contributed by atoms with van der Waals surface area (Å²) in [5.41, 5.74) is 1.92. The van der Waals surface area contributed by atoms with Gasteiger partial charge >= 0.3 is 0 Å². The van der Waals surface area contributed by atoms with Gasteiger partial charge in [-0.05, 0) is 35.9 Å². The van der Waals surface area contributed by atoms with E-state index in [1.807, 2.05) is 0 Å². The lowest BCUT2D eigenvalue weighted by molar-refractivity contribution is -0.115. The average molecular weight is 438 g/mol. The summed E-state index contributed by atoms with van der Waals surface area (Å²) in [5.74, 6) is 0.329. The van der Waals surface area contributed by atoms with Crippen LogP contribution in [0.1, 0.15) is 12.0 Å². The van der Waals surface area contributed by atoms with Crippen molar-refractivity contribution in [2.24, 2.45) is 0 Å². The number of hydrogen-bond acceptors (Lipinski definition) is 5. The minimum absolute atomic E-state index is 0.138. The first-order chi connectivity index (χ1) is 13.8. The second kappa shape index (κ2) is 10.8. The van der Waals surface area contributed by atoms with Gasteiger partial charge in [0.15, 0.2) is 0 Å². The molecule has 7 nitrogen and oxygen atoms in total. The van der Waals surface area contributed by atoms with Gasteiger partial charge in [-0.1, -0.05) is 29.8 Å². The second-order valence-corrected chi connectivity index (χ2v) is 8.41. The average Bonchev–Trinajstić information content (AvgIpc) is 2.68. The molecule has 0 aromatic heterocycles. The molecule has 0 saturated heterocycles. The molecule has 1 amide bonds. The van der Waals surface area contributed by atoms with Crippen molar-refractivity contribution in [2.75, 3.05) is 30.8 Å². The molecule has 9 heteroatoms. The maximum Gasteiger partial charge on any atom is 0.226 e. The zero-order chi connectivity index (χ0) is 21.3. The molecule has 0 fully saturated rings. The molecule has 0 unspecified atom stereocenters. The fraction of sp³-hybridized carbons (Fsp3) is 0.250. The van der Waals surface area contributed by atoms with E-state index in [2.05, 4.69) is 21.9 Å². The SMILES string of the molecule is C=CCNS(=O)(=O)Cc1ccc(NC(=O)CCNc2cc(Cl)ccc2OC)cc1. The van der Waals surface area contributed by atoms with E-state index in [0.717, 1.165) is 0 Å². The second-order valence-electron chi connectivity index (χ2n) is 6.16. The van der Waals surface area contributed by atoms with Crippen LogP contribution in [-0.4, -0.2) is 34.5 Å². The number of benzene rings is 2. The van der Waals surface area contributed by atoms with E-state index >= 15 is 0 Å². The number of sulfonamides is 1. The van der Waals surface area contributed by atoms with E-state index in [1.54, 1.807) is 49.6 Å². The lowest BCUT2D eigenvalue weighted by Crippen LogP contribution is -2.25. The summed E-state index contributed by atoms with van der Waals surface area (Å²) < 4.78 is 31.4.